The van der Waals surface area contributed by atoms with Gasteiger partial charge in [-0.25, -0.2) is 0 Å². The van der Waals surface area contributed by atoms with Crippen molar-refractivity contribution >= 4 is 34.7 Å². The van der Waals surface area contributed by atoms with Crippen LogP contribution in [0.5, 0.6) is 11.5 Å². The zero-order valence-corrected chi connectivity index (χ0v) is 19.6. The van der Waals surface area contributed by atoms with Crippen LogP contribution in [0.15, 0.2) is 36.6 Å². The molecule has 32 heavy (non-hydrogen) atoms. The van der Waals surface area contributed by atoms with E-state index in [1.807, 2.05) is 6.08 Å². The first-order chi connectivity index (χ1) is 15.5. The maximum absolute atomic E-state index is 11.9. The molecule has 8 heteroatoms. The van der Waals surface area contributed by atoms with Crippen LogP contribution < -0.4 is 14.8 Å². The number of rotatable bonds is 6. The van der Waals surface area contributed by atoms with Gasteiger partial charge in [-0.2, -0.15) is 5.10 Å². The number of amides is 1. The van der Waals surface area contributed by atoms with E-state index in [1.165, 1.54) is 6.08 Å². The van der Waals surface area contributed by atoms with Crippen LogP contribution in [0.2, 0.25) is 10.0 Å². The number of benzene rings is 1. The second-order valence-corrected chi connectivity index (χ2v) is 8.57. The fraction of sp³-hybridized carbons (Fsp3) is 0.333. The fourth-order valence-electron chi connectivity index (χ4n) is 4.45. The first-order valence-electron chi connectivity index (χ1n) is 10.5. The number of carbonyl (C=O) groups is 1. The summed E-state index contributed by atoms with van der Waals surface area (Å²) < 4.78 is 10.9. The Kier molecular flexibility index (Phi) is 6.63. The normalized spacial score (nSPS) is 17.7. The fourth-order valence-corrected chi connectivity index (χ4v) is 5.26. The lowest BCUT2D eigenvalue weighted by molar-refractivity contribution is -0.115. The standard InChI is InChI=1S/C24H25Cl2N3O3/c1-4-20(30)27-16-8-6-5-7-14(16)24-15-10-9-13(11-17(15)28-29-24)21-22(25)18(31-2)12-19(32-3)23(21)26/h4-5,7,12-13H,1,6,8-11H2,2-3H3,(H,27,30)(H,28,29)/t13-/m1/s1. The van der Waals surface area contributed by atoms with E-state index in [0.717, 1.165) is 59.5 Å². The van der Waals surface area contributed by atoms with Gasteiger partial charge >= 0.3 is 0 Å². The highest BCUT2D eigenvalue weighted by Crippen LogP contribution is 2.47. The van der Waals surface area contributed by atoms with Crippen molar-refractivity contribution < 1.29 is 14.3 Å². The summed E-state index contributed by atoms with van der Waals surface area (Å²) in [6, 6.07) is 1.71. The third-order valence-electron chi connectivity index (χ3n) is 6.05. The molecule has 168 valence electrons. The van der Waals surface area contributed by atoms with E-state index in [1.54, 1.807) is 20.3 Å². The molecule has 0 radical (unpaired) electrons. The molecule has 0 saturated carbocycles. The summed E-state index contributed by atoms with van der Waals surface area (Å²) in [4.78, 5) is 11.9. The van der Waals surface area contributed by atoms with E-state index < -0.39 is 0 Å². The van der Waals surface area contributed by atoms with Crippen molar-refractivity contribution in [1.29, 1.82) is 0 Å². The molecular formula is C24H25Cl2N3O3. The van der Waals surface area contributed by atoms with Gasteiger partial charge in [0.2, 0.25) is 5.91 Å². The quantitative estimate of drug-likeness (QED) is 0.552. The molecule has 0 aliphatic heterocycles. The molecule has 1 aromatic heterocycles. The number of aromatic amines is 1. The predicted octanol–water partition coefficient (Wildman–Crippen LogP) is 5.37. The zero-order chi connectivity index (χ0) is 22.8. The topological polar surface area (TPSA) is 76.2 Å². The van der Waals surface area contributed by atoms with Crippen molar-refractivity contribution in [3.05, 3.63) is 69.1 Å². The van der Waals surface area contributed by atoms with Gasteiger partial charge in [-0.15, -0.1) is 0 Å². The van der Waals surface area contributed by atoms with Crippen LogP contribution >= 0.6 is 23.2 Å². The van der Waals surface area contributed by atoms with Gasteiger partial charge in [0, 0.05) is 34.2 Å². The lowest BCUT2D eigenvalue weighted by Gasteiger charge is -2.26. The lowest BCUT2D eigenvalue weighted by Crippen LogP contribution is -2.22. The number of hydrogen-bond acceptors (Lipinski definition) is 4. The molecule has 4 rings (SSSR count). The van der Waals surface area contributed by atoms with Crippen molar-refractivity contribution in [2.75, 3.05) is 14.2 Å². The van der Waals surface area contributed by atoms with Gasteiger partial charge in [-0.3, -0.25) is 9.89 Å². The molecule has 0 spiro atoms. The molecule has 0 saturated heterocycles. The van der Waals surface area contributed by atoms with Crippen LogP contribution in [0.25, 0.3) is 5.57 Å². The van der Waals surface area contributed by atoms with Crippen molar-refractivity contribution in [3.8, 4) is 11.5 Å². The van der Waals surface area contributed by atoms with Crippen molar-refractivity contribution in [2.45, 2.75) is 38.0 Å². The molecule has 2 N–H and O–H groups in total. The molecule has 1 amide bonds. The first-order valence-corrected chi connectivity index (χ1v) is 11.2. The number of carbonyl (C=O) groups excluding carboxylic acids is 1. The Balaban J connectivity index is 1.69. The monoisotopic (exact) mass is 473 g/mol. The number of methoxy groups -OCH3 is 2. The van der Waals surface area contributed by atoms with E-state index >= 15 is 0 Å². The predicted molar refractivity (Wildman–Crippen MR) is 127 cm³/mol. The Bertz CT molecular complexity index is 1110. The van der Waals surface area contributed by atoms with Gasteiger partial charge in [-0.05, 0) is 44.1 Å². The summed E-state index contributed by atoms with van der Waals surface area (Å²) in [6.45, 7) is 3.55. The Hall–Kier alpha value is -2.70. The van der Waals surface area contributed by atoms with Gasteiger partial charge in [0.1, 0.15) is 11.5 Å². The third-order valence-corrected chi connectivity index (χ3v) is 6.83. The summed E-state index contributed by atoms with van der Waals surface area (Å²) in [5, 5.41) is 11.8. The minimum atomic E-state index is -0.214. The number of nitrogens with one attached hydrogen (secondary N) is 2. The number of nitrogens with zero attached hydrogens (tertiary/aromatic N) is 1. The molecule has 6 nitrogen and oxygen atoms in total. The van der Waals surface area contributed by atoms with E-state index in [9.17, 15) is 4.79 Å². The minimum absolute atomic E-state index is 0.0932. The smallest absolute Gasteiger partial charge is 0.247 e. The largest absolute Gasteiger partial charge is 0.495 e. The molecule has 1 heterocycles. The second kappa shape index (κ2) is 9.43. The average Bonchev–Trinajstić information content (AvgIpc) is 3.23. The van der Waals surface area contributed by atoms with Gasteiger partial charge in [0.25, 0.3) is 0 Å². The van der Waals surface area contributed by atoms with Crippen LogP contribution in [0, 0.1) is 0 Å². The highest BCUT2D eigenvalue weighted by molar-refractivity contribution is 6.38. The molecule has 1 atom stereocenters. The number of H-pyrrole nitrogens is 1. The number of ether oxygens (including phenoxy) is 2. The molecule has 0 fully saturated rings. The number of hydrogen-bond donors (Lipinski definition) is 2. The van der Waals surface area contributed by atoms with Crippen LogP contribution in [0.4, 0.5) is 0 Å². The van der Waals surface area contributed by atoms with E-state index in [-0.39, 0.29) is 11.8 Å². The lowest BCUT2D eigenvalue weighted by atomic mass is 9.81. The minimum Gasteiger partial charge on any atom is -0.495 e. The van der Waals surface area contributed by atoms with Gasteiger partial charge in [0.15, 0.2) is 0 Å². The second-order valence-electron chi connectivity index (χ2n) is 7.82. The van der Waals surface area contributed by atoms with Crippen LogP contribution in [-0.2, 0) is 17.6 Å². The summed E-state index contributed by atoms with van der Waals surface area (Å²) >= 11 is 13.3. The number of fused-ring (bicyclic) bond motifs is 1. The van der Waals surface area contributed by atoms with Gasteiger partial charge in [0.05, 0.1) is 30.0 Å². The van der Waals surface area contributed by atoms with Crippen molar-refractivity contribution in [1.82, 2.24) is 15.5 Å². The van der Waals surface area contributed by atoms with Gasteiger partial charge < -0.3 is 14.8 Å². The van der Waals surface area contributed by atoms with Crippen molar-refractivity contribution in [2.24, 2.45) is 0 Å². The Morgan fingerprint density at radius 3 is 2.62 bits per heavy atom. The zero-order valence-electron chi connectivity index (χ0n) is 18.1. The SMILES string of the molecule is C=CC(=O)NC1=C(c2n[nH]c3c2CC[C@@H](c2c(Cl)c(OC)cc(OC)c2Cl)C3)C=CCC1. The first kappa shape index (κ1) is 22.5. The molecule has 2 aliphatic carbocycles. The van der Waals surface area contributed by atoms with E-state index in [2.05, 4.69) is 28.2 Å². The van der Waals surface area contributed by atoms with E-state index in [0.29, 0.717) is 28.0 Å². The van der Waals surface area contributed by atoms with Crippen LogP contribution in [-0.4, -0.2) is 30.3 Å². The summed E-state index contributed by atoms with van der Waals surface area (Å²) in [6.07, 6.45) is 9.41. The average molecular weight is 474 g/mol. The maximum Gasteiger partial charge on any atom is 0.247 e. The molecule has 2 aliphatic rings. The highest BCUT2D eigenvalue weighted by atomic mass is 35.5. The van der Waals surface area contributed by atoms with E-state index in [4.69, 9.17) is 32.7 Å². The van der Waals surface area contributed by atoms with Crippen LogP contribution in [0.1, 0.15) is 47.7 Å². The molecule has 2 aromatic rings. The Morgan fingerprint density at radius 1 is 1.25 bits per heavy atom. The summed E-state index contributed by atoms with van der Waals surface area (Å²) in [7, 11) is 3.15. The summed E-state index contributed by atoms with van der Waals surface area (Å²) in [5.74, 6) is 0.961. The van der Waals surface area contributed by atoms with Gasteiger partial charge in [-0.1, -0.05) is 41.9 Å². The number of allylic oxidation sites excluding steroid dienone is 4. The molecule has 0 unspecified atom stereocenters. The van der Waals surface area contributed by atoms with Crippen LogP contribution in [0.3, 0.4) is 0 Å². The number of aromatic nitrogens is 2. The molecule has 0 bridgehead atoms. The Labute approximate surface area is 197 Å². The third kappa shape index (κ3) is 4.05. The van der Waals surface area contributed by atoms with Crippen molar-refractivity contribution in [3.63, 3.8) is 0 Å². The molecule has 1 aromatic carbocycles. The highest BCUT2D eigenvalue weighted by Gasteiger charge is 2.31. The molecular weight excluding hydrogens is 449 g/mol. The number of halogens is 2. The maximum atomic E-state index is 11.9. The Morgan fingerprint density at radius 2 is 1.97 bits per heavy atom. The summed E-state index contributed by atoms with van der Waals surface area (Å²) in [5.41, 5.74) is 5.75.